The third-order valence-electron chi connectivity index (χ3n) is 3.06. The maximum absolute atomic E-state index is 10.2. The lowest BCUT2D eigenvalue weighted by Gasteiger charge is -2.16. The van der Waals surface area contributed by atoms with E-state index < -0.39 is 6.10 Å². The van der Waals surface area contributed by atoms with Gasteiger partial charge in [0.05, 0.1) is 19.3 Å². The van der Waals surface area contributed by atoms with Crippen LogP contribution in [-0.2, 0) is 0 Å². The molecule has 2 atom stereocenters. The smallest absolute Gasteiger partial charge is 0.124 e. The Morgan fingerprint density at radius 1 is 1.32 bits per heavy atom. The fraction of sp³-hybridized carbons (Fsp3) is 0.600. The normalized spacial score (nSPS) is 14.2. The molecule has 0 spiro atoms. The lowest BCUT2D eigenvalue weighted by Crippen LogP contribution is -2.23. The van der Waals surface area contributed by atoms with Crippen molar-refractivity contribution >= 4 is 0 Å². The topological polar surface area (TPSA) is 61.7 Å². The van der Waals surface area contributed by atoms with Crippen molar-refractivity contribution in [2.75, 3.05) is 20.2 Å². The lowest BCUT2D eigenvalue weighted by atomic mass is 10.1. The van der Waals surface area contributed by atoms with Gasteiger partial charge in [-0.15, -0.1) is 0 Å². The van der Waals surface area contributed by atoms with Crippen LogP contribution in [0.4, 0.5) is 0 Å². The average Bonchev–Trinajstić information content (AvgIpc) is 2.37. The summed E-state index contributed by atoms with van der Waals surface area (Å²) in [6.07, 6.45) is 0.830. The molecule has 0 saturated heterocycles. The molecule has 1 aromatic carbocycles. The van der Waals surface area contributed by atoms with Crippen LogP contribution >= 0.6 is 0 Å². The van der Waals surface area contributed by atoms with Gasteiger partial charge in [-0.05, 0) is 45.4 Å². The molecule has 0 amide bonds. The number of hydrogen-bond donors (Lipinski definition) is 3. The van der Waals surface area contributed by atoms with Gasteiger partial charge in [0.25, 0.3) is 0 Å². The largest absolute Gasteiger partial charge is 0.496 e. The highest BCUT2D eigenvalue weighted by atomic mass is 16.5. The van der Waals surface area contributed by atoms with Gasteiger partial charge < -0.3 is 20.3 Å². The zero-order valence-corrected chi connectivity index (χ0v) is 12.0. The van der Waals surface area contributed by atoms with Gasteiger partial charge >= 0.3 is 0 Å². The first-order chi connectivity index (χ1) is 9.04. The van der Waals surface area contributed by atoms with Crippen LogP contribution in [0.1, 0.15) is 37.0 Å². The molecule has 1 rings (SSSR count). The number of aliphatic hydroxyl groups excluding tert-OH is 2. The summed E-state index contributed by atoms with van der Waals surface area (Å²) in [5, 5.41) is 22.5. The second kappa shape index (κ2) is 8.15. The van der Waals surface area contributed by atoms with Crippen molar-refractivity contribution in [1.29, 1.82) is 0 Å². The van der Waals surface area contributed by atoms with Crippen molar-refractivity contribution in [3.8, 4) is 5.75 Å². The predicted molar refractivity (Wildman–Crippen MR) is 76.5 cm³/mol. The first-order valence-electron chi connectivity index (χ1n) is 6.76. The third-order valence-corrected chi connectivity index (χ3v) is 3.06. The average molecular weight is 267 g/mol. The van der Waals surface area contributed by atoms with E-state index in [1.54, 1.807) is 14.0 Å². The van der Waals surface area contributed by atoms with Crippen LogP contribution in [0.5, 0.6) is 5.75 Å². The molecule has 0 fully saturated rings. The Morgan fingerprint density at radius 2 is 2.05 bits per heavy atom. The van der Waals surface area contributed by atoms with Gasteiger partial charge in [-0.3, -0.25) is 0 Å². The molecule has 1 aromatic rings. The van der Waals surface area contributed by atoms with Crippen LogP contribution in [0.2, 0.25) is 0 Å². The van der Waals surface area contributed by atoms with Crippen molar-refractivity contribution in [1.82, 2.24) is 5.32 Å². The number of rotatable bonds is 8. The van der Waals surface area contributed by atoms with Crippen LogP contribution in [0.25, 0.3) is 0 Å². The van der Waals surface area contributed by atoms with Gasteiger partial charge in [0.1, 0.15) is 5.75 Å². The molecule has 4 heteroatoms. The molecule has 2 unspecified atom stereocenters. The number of aryl methyl sites for hydroxylation is 1. The van der Waals surface area contributed by atoms with E-state index in [2.05, 4.69) is 5.32 Å². The first kappa shape index (κ1) is 16.0. The maximum Gasteiger partial charge on any atom is 0.124 e. The second-order valence-electron chi connectivity index (χ2n) is 4.96. The molecule has 0 aliphatic carbocycles. The molecule has 0 saturated carbocycles. The van der Waals surface area contributed by atoms with E-state index in [0.717, 1.165) is 30.5 Å². The Labute approximate surface area is 115 Å². The van der Waals surface area contributed by atoms with E-state index in [-0.39, 0.29) is 6.10 Å². The summed E-state index contributed by atoms with van der Waals surface area (Å²) in [4.78, 5) is 0. The predicted octanol–water partition coefficient (Wildman–Crippen LogP) is 1.79. The molecule has 0 heterocycles. The van der Waals surface area contributed by atoms with Crippen LogP contribution < -0.4 is 10.1 Å². The minimum Gasteiger partial charge on any atom is -0.496 e. The fourth-order valence-electron chi connectivity index (χ4n) is 1.99. The molecule has 0 radical (unpaired) electrons. The zero-order chi connectivity index (χ0) is 14.3. The Bertz CT molecular complexity index is 380. The summed E-state index contributed by atoms with van der Waals surface area (Å²) >= 11 is 0. The molecule has 19 heavy (non-hydrogen) atoms. The van der Waals surface area contributed by atoms with Crippen LogP contribution in [0.3, 0.4) is 0 Å². The Hall–Kier alpha value is -1.10. The molecule has 108 valence electrons. The van der Waals surface area contributed by atoms with Crippen molar-refractivity contribution in [2.45, 2.75) is 38.9 Å². The van der Waals surface area contributed by atoms with Crippen molar-refractivity contribution in [3.05, 3.63) is 29.3 Å². The standard InChI is InChI=1S/C15H25NO3/c1-11-6-7-15(19-3)13(9-11)14(18)10-16-8-4-5-12(2)17/h6-7,9,12,14,16-18H,4-5,8,10H2,1-3H3. The first-order valence-corrected chi connectivity index (χ1v) is 6.76. The summed E-state index contributed by atoms with van der Waals surface area (Å²) in [6.45, 7) is 5.05. The fourth-order valence-corrected chi connectivity index (χ4v) is 1.99. The summed E-state index contributed by atoms with van der Waals surface area (Å²) in [6, 6.07) is 5.79. The van der Waals surface area contributed by atoms with Gasteiger partial charge in [-0.1, -0.05) is 11.6 Å². The van der Waals surface area contributed by atoms with Gasteiger partial charge in [-0.2, -0.15) is 0 Å². The molecular formula is C15H25NO3. The van der Waals surface area contributed by atoms with Gasteiger partial charge in [0.15, 0.2) is 0 Å². The summed E-state index contributed by atoms with van der Waals surface area (Å²) < 4.78 is 5.26. The van der Waals surface area contributed by atoms with Gasteiger partial charge in [-0.25, -0.2) is 0 Å². The summed E-state index contributed by atoms with van der Waals surface area (Å²) in [5.74, 6) is 0.712. The van der Waals surface area contributed by atoms with Crippen molar-refractivity contribution in [3.63, 3.8) is 0 Å². The third kappa shape index (κ3) is 5.59. The van der Waals surface area contributed by atoms with E-state index in [4.69, 9.17) is 9.84 Å². The molecular weight excluding hydrogens is 242 g/mol. The highest BCUT2D eigenvalue weighted by Crippen LogP contribution is 2.25. The molecule has 4 nitrogen and oxygen atoms in total. The zero-order valence-electron chi connectivity index (χ0n) is 12.0. The number of aliphatic hydroxyl groups is 2. The minimum atomic E-state index is -0.582. The molecule has 0 bridgehead atoms. The molecule has 0 aliphatic heterocycles. The van der Waals surface area contributed by atoms with Gasteiger partial charge in [0.2, 0.25) is 0 Å². The second-order valence-corrected chi connectivity index (χ2v) is 4.96. The number of hydrogen-bond acceptors (Lipinski definition) is 4. The van der Waals surface area contributed by atoms with E-state index >= 15 is 0 Å². The van der Waals surface area contributed by atoms with E-state index in [9.17, 15) is 5.11 Å². The van der Waals surface area contributed by atoms with Gasteiger partial charge in [0, 0.05) is 12.1 Å². The Balaban J connectivity index is 2.44. The summed E-state index contributed by atoms with van der Waals surface area (Å²) in [7, 11) is 1.61. The molecule has 0 aliphatic rings. The van der Waals surface area contributed by atoms with Crippen LogP contribution in [0.15, 0.2) is 18.2 Å². The SMILES string of the molecule is COc1ccc(C)cc1C(O)CNCCCC(C)O. The number of ether oxygens (including phenoxy) is 1. The van der Waals surface area contributed by atoms with Crippen molar-refractivity contribution in [2.24, 2.45) is 0 Å². The highest BCUT2D eigenvalue weighted by molar-refractivity contribution is 5.38. The quantitative estimate of drug-likeness (QED) is 0.628. The molecule has 3 N–H and O–H groups in total. The van der Waals surface area contributed by atoms with E-state index in [0.29, 0.717) is 12.3 Å². The minimum absolute atomic E-state index is 0.261. The van der Waals surface area contributed by atoms with E-state index in [1.165, 1.54) is 0 Å². The molecule has 0 aromatic heterocycles. The van der Waals surface area contributed by atoms with Crippen molar-refractivity contribution < 1.29 is 14.9 Å². The number of benzene rings is 1. The van der Waals surface area contributed by atoms with Crippen LogP contribution in [0, 0.1) is 6.92 Å². The lowest BCUT2D eigenvalue weighted by molar-refractivity contribution is 0.166. The Kier molecular flexibility index (Phi) is 6.84. The Morgan fingerprint density at radius 3 is 2.68 bits per heavy atom. The highest BCUT2D eigenvalue weighted by Gasteiger charge is 2.12. The van der Waals surface area contributed by atoms with E-state index in [1.807, 2.05) is 25.1 Å². The summed E-state index contributed by atoms with van der Waals surface area (Å²) in [5.41, 5.74) is 1.91. The number of methoxy groups -OCH3 is 1. The maximum atomic E-state index is 10.2. The number of nitrogens with one attached hydrogen (secondary N) is 1. The monoisotopic (exact) mass is 267 g/mol. The van der Waals surface area contributed by atoms with Crippen LogP contribution in [-0.4, -0.2) is 36.5 Å².